The monoisotopic (exact) mass is 360 g/mol. The van der Waals surface area contributed by atoms with E-state index in [1.807, 2.05) is 30.3 Å². The fraction of sp³-hybridized carbons (Fsp3) is 0.125. The first-order valence-electron chi connectivity index (χ1n) is 6.29. The molecule has 0 bridgehead atoms. The van der Waals surface area contributed by atoms with E-state index < -0.39 is 0 Å². The summed E-state index contributed by atoms with van der Waals surface area (Å²) >= 11 is 4.95. The van der Waals surface area contributed by atoms with Crippen LogP contribution < -0.4 is 5.32 Å². The van der Waals surface area contributed by atoms with Crippen LogP contribution in [0, 0.1) is 11.3 Å². The Morgan fingerprint density at radius 2 is 2.00 bits per heavy atom. The number of benzene rings is 2. The van der Waals surface area contributed by atoms with E-state index in [9.17, 15) is 4.79 Å². The Hall–Kier alpha value is -1.77. The first kappa shape index (κ1) is 15.6. The van der Waals surface area contributed by atoms with Crippen LogP contribution in [-0.4, -0.2) is 11.7 Å². The molecule has 5 heteroatoms. The zero-order valence-corrected chi connectivity index (χ0v) is 13.6. The minimum Gasteiger partial charge on any atom is -0.325 e. The fourth-order valence-electron chi connectivity index (χ4n) is 1.71. The van der Waals surface area contributed by atoms with Crippen LogP contribution in [-0.2, 0) is 10.5 Å². The first-order valence-corrected chi connectivity index (χ1v) is 8.24. The van der Waals surface area contributed by atoms with Crippen molar-refractivity contribution in [1.29, 1.82) is 5.26 Å². The van der Waals surface area contributed by atoms with Gasteiger partial charge >= 0.3 is 0 Å². The summed E-state index contributed by atoms with van der Waals surface area (Å²) in [6, 6.07) is 17.0. The van der Waals surface area contributed by atoms with Gasteiger partial charge < -0.3 is 5.32 Å². The summed E-state index contributed by atoms with van der Waals surface area (Å²) in [6.07, 6.45) is 0. The molecule has 0 spiro atoms. The van der Waals surface area contributed by atoms with E-state index >= 15 is 0 Å². The van der Waals surface area contributed by atoms with Gasteiger partial charge in [-0.1, -0.05) is 34.1 Å². The van der Waals surface area contributed by atoms with Crippen LogP contribution in [0.1, 0.15) is 11.1 Å². The van der Waals surface area contributed by atoms with Crippen molar-refractivity contribution in [2.75, 3.05) is 11.1 Å². The maximum atomic E-state index is 11.8. The molecular weight excluding hydrogens is 348 g/mol. The van der Waals surface area contributed by atoms with E-state index in [2.05, 4.69) is 21.2 Å². The number of rotatable bonds is 5. The molecule has 0 aliphatic heterocycles. The molecule has 1 amide bonds. The second-order valence-electron chi connectivity index (χ2n) is 4.36. The summed E-state index contributed by atoms with van der Waals surface area (Å²) in [4.78, 5) is 11.8. The van der Waals surface area contributed by atoms with E-state index in [0.717, 1.165) is 10.2 Å². The number of carbonyl (C=O) groups is 1. The smallest absolute Gasteiger partial charge is 0.234 e. The van der Waals surface area contributed by atoms with Gasteiger partial charge in [0.2, 0.25) is 5.91 Å². The molecule has 0 unspecified atom stereocenters. The van der Waals surface area contributed by atoms with Crippen LogP contribution in [0.2, 0.25) is 0 Å². The molecule has 106 valence electrons. The highest BCUT2D eigenvalue weighted by Gasteiger charge is 2.04. The predicted molar refractivity (Wildman–Crippen MR) is 90.1 cm³/mol. The molecule has 0 heterocycles. The van der Waals surface area contributed by atoms with Gasteiger partial charge in [-0.2, -0.15) is 5.26 Å². The zero-order chi connectivity index (χ0) is 15.1. The highest BCUT2D eigenvalue weighted by Crippen LogP contribution is 2.16. The van der Waals surface area contributed by atoms with Crippen LogP contribution in [0.3, 0.4) is 0 Å². The third-order valence-corrected chi connectivity index (χ3v) is 4.22. The third-order valence-electron chi connectivity index (χ3n) is 2.69. The molecule has 0 fully saturated rings. The topological polar surface area (TPSA) is 52.9 Å². The molecule has 1 N–H and O–H groups in total. The van der Waals surface area contributed by atoms with Crippen molar-refractivity contribution in [2.45, 2.75) is 5.75 Å². The molecule has 2 rings (SSSR count). The molecule has 0 aliphatic carbocycles. The van der Waals surface area contributed by atoms with Gasteiger partial charge in [0.25, 0.3) is 0 Å². The molecule has 0 aliphatic rings. The second-order valence-corrected chi connectivity index (χ2v) is 6.26. The van der Waals surface area contributed by atoms with Crippen molar-refractivity contribution in [3.63, 3.8) is 0 Å². The molecule has 21 heavy (non-hydrogen) atoms. The average molecular weight is 361 g/mol. The molecule has 0 atom stereocenters. The SMILES string of the molecule is N#Cc1cccc(NC(=O)CSCc2ccc(Br)cc2)c1. The number of nitriles is 1. The van der Waals surface area contributed by atoms with E-state index in [1.165, 1.54) is 5.56 Å². The lowest BCUT2D eigenvalue weighted by Crippen LogP contribution is -2.14. The summed E-state index contributed by atoms with van der Waals surface area (Å²) in [7, 11) is 0. The Morgan fingerprint density at radius 3 is 2.71 bits per heavy atom. The lowest BCUT2D eigenvalue weighted by atomic mass is 10.2. The Labute approximate surface area is 136 Å². The van der Waals surface area contributed by atoms with Gasteiger partial charge in [0.15, 0.2) is 0 Å². The minimum atomic E-state index is -0.0628. The number of hydrogen-bond acceptors (Lipinski definition) is 3. The Morgan fingerprint density at radius 1 is 1.24 bits per heavy atom. The third kappa shape index (κ3) is 5.25. The minimum absolute atomic E-state index is 0.0628. The summed E-state index contributed by atoms with van der Waals surface area (Å²) in [5.74, 6) is 1.11. The molecule has 0 saturated heterocycles. The van der Waals surface area contributed by atoms with E-state index in [4.69, 9.17) is 5.26 Å². The van der Waals surface area contributed by atoms with Gasteiger partial charge in [0, 0.05) is 15.9 Å². The summed E-state index contributed by atoms with van der Waals surface area (Å²) in [5, 5.41) is 11.6. The number of nitrogens with zero attached hydrogens (tertiary/aromatic N) is 1. The van der Waals surface area contributed by atoms with Crippen molar-refractivity contribution >= 4 is 39.3 Å². The zero-order valence-electron chi connectivity index (χ0n) is 11.2. The Bertz CT molecular complexity index is 665. The number of anilines is 1. The lowest BCUT2D eigenvalue weighted by molar-refractivity contribution is -0.113. The van der Waals surface area contributed by atoms with Crippen LogP contribution in [0.15, 0.2) is 53.0 Å². The van der Waals surface area contributed by atoms with Crippen molar-refractivity contribution in [2.24, 2.45) is 0 Å². The molecule has 2 aromatic carbocycles. The normalized spacial score (nSPS) is 9.90. The Balaban J connectivity index is 1.79. The highest BCUT2D eigenvalue weighted by atomic mass is 79.9. The molecule has 3 nitrogen and oxygen atoms in total. The van der Waals surface area contributed by atoms with Crippen LogP contribution in [0.4, 0.5) is 5.69 Å². The highest BCUT2D eigenvalue weighted by molar-refractivity contribution is 9.10. The van der Waals surface area contributed by atoms with Gasteiger partial charge in [-0.05, 0) is 35.9 Å². The lowest BCUT2D eigenvalue weighted by Gasteiger charge is -2.05. The predicted octanol–water partition coefficient (Wildman–Crippen LogP) is 4.19. The van der Waals surface area contributed by atoms with Crippen molar-refractivity contribution in [3.8, 4) is 6.07 Å². The van der Waals surface area contributed by atoms with Gasteiger partial charge in [0.05, 0.1) is 17.4 Å². The van der Waals surface area contributed by atoms with Crippen molar-refractivity contribution in [3.05, 3.63) is 64.1 Å². The van der Waals surface area contributed by atoms with Crippen LogP contribution >= 0.6 is 27.7 Å². The number of carbonyl (C=O) groups excluding carboxylic acids is 1. The van der Waals surface area contributed by atoms with Crippen LogP contribution in [0.5, 0.6) is 0 Å². The first-order chi connectivity index (χ1) is 10.2. The fourth-order valence-corrected chi connectivity index (χ4v) is 2.76. The molecular formula is C16H13BrN2OS. The van der Waals surface area contributed by atoms with Crippen molar-refractivity contribution in [1.82, 2.24) is 0 Å². The molecule has 0 radical (unpaired) electrons. The molecule has 0 aromatic heterocycles. The van der Waals surface area contributed by atoms with Gasteiger partial charge in [-0.3, -0.25) is 4.79 Å². The number of hydrogen-bond donors (Lipinski definition) is 1. The summed E-state index contributed by atoms with van der Waals surface area (Å²) in [6.45, 7) is 0. The van der Waals surface area contributed by atoms with E-state index in [-0.39, 0.29) is 5.91 Å². The second kappa shape index (κ2) is 7.87. The van der Waals surface area contributed by atoms with Gasteiger partial charge in [0.1, 0.15) is 0 Å². The van der Waals surface area contributed by atoms with Gasteiger partial charge in [-0.15, -0.1) is 11.8 Å². The van der Waals surface area contributed by atoms with E-state index in [0.29, 0.717) is 17.0 Å². The van der Waals surface area contributed by atoms with Crippen LogP contribution in [0.25, 0.3) is 0 Å². The Kier molecular flexibility index (Phi) is 5.85. The number of thioether (sulfide) groups is 1. The molecule has 0 saturated carbocycles. The average Bonchev–Trinajstić information content (AvgIpc) is 2.49. The van der Waals surface area contributed by atoms with Crippen molar-refractivity contribution < 1.29 is 4.79 Å². The quantitative estimate of drug-likeness (QED) is 0.869. The largest absolute Gasteiger partial charge is 0.325 e. The summed E-state index contributed by atoms with van der Waals surface area (Å²) < 4.78 is 1.05. The maximum Gasteiger partial charge on any atom is 0.234 e. The molecule has 2 aromatic rings. The maximum absolute atomic E-state index is 11.8. The standard InChI is InChI=1S/C16H13BrN2OS/c17-14-6-4-12(5-7-14)10-21-11-16(20)19-15-3-1-2-13(8-15)9-18/h1-8H,10-11H2,(H,19,20). The van der Waals surface area contributed by atoms with Gasteiger partial charge in [-0.25, -0.2) is 0 Å². The summed E-state index contributed by atoms with van der Waals surface area (Å²) in [5.41, 5.74) is 2.38. The number of nitrogens with one attached hydrogen (secondary N) is 1. The number of halogens is 1. The number of amides is 1. The van der Waals surface area contributed by atoms with E-state index in [1.54, 1.807) is 36.0 Å².